The van der Waals surface area contributed by atoms with Gasteiger partial charge in [-0.1, -0.05) is 0 Å². The maximum absolute atomic E-state index is 12.1. The minimum atomic E-state index is -3.92. The average molecular weight is 288 g/mol. The summed E-state index contributed by atoms with van der Waals surface area (Å²) in [5.41, 5.74) is 0.176. The van der Waals surface area contributed by atoms with Gasteiger partial charge in [-0.25, -0.2) is 22.3 Å². The highest BCUT2D eigenvalue weighted by Crippen LogP contribution is 2.28. The second-order valence-electron chi connectivity index (χ2n) is 3.71. The van der Waals surface area contributed by atoms with E-state index in [1.165, 1.54) is 30.5 Å². The van der Waals surface area contributed by atoms with E-state index in [1.807, 2.05) is 0 Å². The van der Waals surface area contributed by atoms with Gasteiger partial charge in [0.15, 0.2) is 0 Å². The molecule has 0 atom stereocenters. The molecule has 1 aromatic heterocycles. The van der Waals surface area contributed by atoms with Gasteiger partial charge in [-0.05, 0) is 24.3 Å². The normalized spacial score (nSPS) is 12.0. The van der Waals surface area contributed by atoms with Crippen molar-refractivity contribution in [3.8, 4) is 5.75 Å². The Morgan fingerprint density at radius 3 is 2.68 bits per heavy atom. The van der Waals surface area contributed by atoms with Crippen molar-refractivity contribution in [1.29, 1.82) is 0 Å². The van der Waals surface area contributed by atoms with Gasteiger partial charge in [0.1, 0.15) is 17.9 Å². The van der Waals surface area contributed by atoms with Crippen LogP contribution in [0.1, 0.15) is 0 Å². The van der Waals surface area contributed by atoms with Crippen LogP contribution in [-0.4, -0.2) is 26.4 Å². The van der Waals surface area contributed by atoms with E-state index in [4.69, 9.17) is 9.88 Å². The Morgan fingerprint density at radius 1 is 1.32 bits per heavy atom. The number of rotatable bonds is 4. The standard InChI is InChI=1S/C11H10F2N2O3S/c12-10(13)6-18-8-3-4-9(19(14,16)17)7-2-1-5-15-11(7)8/h1-5,10H,6H2,(H2,14,16,17). The smallest absolute Gasteiger partial charge is 0.272 e. The van der Waals surface area contributed by atoms with Gasteiger partial charge in [-0.15, -0.1) is 0 Å². The SMILES string of the molecule is NS(=O)(=O)c1ccc(OCC(F)F)c2ncccc12. The van der Waals surface area contributed by atoms with Crippen LogP contribution in [0.3, 0.4) is 0 Å². The number of fused-ring (bicyclic) bond motifs is 1. The van der Waals surface area contributed by atoms with E-state index >= 15 is 0 Å². The zero-order valence-corrected chi connectivity index (χ0v) is 10.4. The number of hydrogen-bond acceptors (Lipinski definition) is 4. The molecule has 0 amide bonds. The van der Waals surface area contributed by atoms with Gasteiger partial charge in [0, 0.05) is 11.6 Å². The van der Waals surface area contributed by atoms with Crippen LogP contribution in [0.5, 0.6) is 5.75 Å². The van der Waals surface area contributed by atoms with Gasteiger partial charge in [-0.2, -0.15) is 0 Å². The summed E-state index contributed by atoms with van der Waals surface area (Å²) in [5, 5.41) is 5.31. The van der Waals surface area contributed by atoms with Crippen molar-refractivity contribution in [3.63, 3.8) is 0 Å². The molecule has 0 fully saturated rings. The fourth-order valence-corrected chi connectivity index (χ4v) is 2.37. The van der Waals surface area contributed by atoms with Crippen molar-refractivity contribution in [2.75, 3.05) is 6.61 Å². The molecule has 8 heteroatoms. The summed E-state index contributed by atoms with van der Waals surface area (Å²) in [6.07, 6.45) is -1.22. The molecule has 2 aromatic rings. The Balaban J connectivity index is 2.59. The molecule has 0 aliphatic heterocycles. The second kappa shape index (κ2) is 5.06. The molecule has 0 unspecified atom stereocenters. The number of nitrogens with zero attached hydrogens (tertiary/aromatic N) is 1. The largest absolute Gasteiger partial charge is 0.485 e. The van der Waals surface area contributed by atoms with Crippen LogP contribution in [0, 0.1) is 0 Å². The first-order valence-electron chi connectivity index (χ1n) is 5.21. The minimum Gasteiger partial charge on any atom is -0.485 e. The van der Waals surface area contributed by atoms with Crippen LogP contribution in [0.4, 0.5) is 8.78 Å². The molecule has 0 saturated heterocycles. The third-order valence-electron chi connectivity index (χ3n) is 2.36. The number of sulfonamides is 1. The third-order valence-corrected chi connectivity index (χ3v) is 3.33. The monoisotopic (exact) mass is 288 g/mol. The fraction of sp³-hybridized carbons (Fsp3) is 0.182. The molecule has 0 radical (unpaired) electrons. The predicted octanol–water partition coefficient (Wildman–Crippen LogP) is 1.53. The highest BCUT2D eigenvalue weighted by atomic mass is 32.2. The van der Waals surface area contributed by atoms with Crippen LogP contribution >= 0.6 is 0 Å². The number of nitrogens with two attached hydrogens (primary N) is 1. The Bertz CT molecular complexity index is 704. The molecule has 102 valence electrons. The zero-order valence-electron chi connectivity index (χ0n) is 9.58. The van der Waals surface area contributed by atoms with E-state index in [-0.39, 0.29) is 21.5 Å². The summed E-state index contributed by atoms with van der Waals surface area (Å²) < 4.78 is 52.0. The summed E-state index contributed by atoms with van der Waals surface area (Å²) in [7, 11) is -3.92. The van der Waals surface area contributed by atoms with Crippen LogP contribution in [0.15, 0.2) is 35.4 Å². The number of ether oxygens (including phenoxy) is 1. The van der Waals surface area contributed by atoms with Gasteiger partial charge in [0.25, 0.3) is 6.43 Å². The second-order valence-corrected chi connectivity index (χ2v) is 5.24. The van der Waals surface area contributed by atoms with Gasteiger partial charge >= 0.3 is 0 Å². The number of halogens is 2. The summed E-state index contributed by atoms with van der Waals surface area (Å²) in [6.45, 7) is -0.791. The highest BCUT2D eigenvalue weighted by Gasteiger charge is 2.16. The molecule has 0 saturated carbocycles. The first-order chi connectivity index (χ1) is 8.89. The topological polar surface area (TPSA) is 82.3 Å². The number of primary sulfonamides is 1. The van der Waals surface area contributed by atoms with E-state index in [0.29, 0.717) is 0 Å². The fourth-order valence-electron chi connectivity index (χ4n) is 1.64. The molecule has 5 nitrogen and oxygen atoms in total. The molecule has 0 bridgehead atoms. The predicted molar refractivity (Wildman–Crippen MR) is 64.6 cm³/mol. The summed E-state index contributed by atoms with van der Waals surface area (Å²) in [6, 6.07) is 5.48. The number of pyridine rings is 1. The maximum atomic E-state index is 12.1. The lowest BCUT2D eigenvalue weighted by Crippen LogP contribution is -2.13. The van der Waals surface area contributed by atoms with Crippen molar-refractivity contribution in [2.24, 2.45) is 5.14 Å². The molecular formula is C11H10F2N2O3S. The van der Waals surface area contributed by atoms with Crippen LogP contribution < -0.4 is 9.88 Å². The van der Waals surface area contributed by atoms with Crippen molar-refractivity contribution < 1.29 is 21.9 Å². The summed E-state index contributed by atoms with van der Waals surface area (Å²) >= 11 is 0. The number of benzene rings is 1. The molecular weight excluding hydrogens is 278 g/mol. The lowest BCUT2D eigenvalue weighted by molar-refractivity contribution is 0.0825. The Hall–Kier alpha value is -1.80. The van der Waals surface area contributed by atoms with Crippen LogP contribution in [-0.2, 0) is 10.0 Å². The van der Waals surface area contributed by atoms with Crippen molar-refractivity contribution in [2.45, 2.75) is 11.3 Å². The average Bonchev–Trinajstić information content (AvgIpc) is 2.34. The molecule has 0 aliphatic carbocycles. The van der Waals surface area contributed by atoms with E-state index in [1.54, 1.807) is 0 Å². The maximum Gasteiger partial charge on any atom is 0.272 e. The molecule has 0 aliphatic rings. The zero-order chi connectivity index (χ0) is 14.0. The Kier molecular flexibility index (Phi) is 3.63. The Labute approximate surface area is 108 Å². The molecule has 1 aromatic carbocycles. The van der Waals surface area contributed by atoms with E-state index in [0.717, 1.165) is 0 Å². The van der Waals surface area contributed by atoms with E-state index in [2.05, 4.69) is 4.98 Å². The van der Waals surface area contributed by atoms with Gasteiger partial charge < -0.3 is 4.74 Å². The highest BCUT2D eigenvalue weighted by molar-refractivity contribution is 7.89. The summed E-state index contributed by atoms with van der Waals surface area (Å²) in [5.74, 6) is 0.0864. The van der Waals surface area contributed by atoms with E-state index in [9.17, 15) is 17.2 Å². The number of aromatic nitrogens is 1. The van der Waals surface area contributed by atoms with Gasteiger partial charge in [0.2, 0.25) is 10.0 Å². The third kappa shape index (κ3) is 2.96. The van der Waals surface area contributed by atoms with Crippen molar-refractivity contribution in [3.05, 3.63) is 30.5 Å². The minimum absolute atomic E-state index is 0.0864. The quantitative estimate of drug-likeness (QED) is 0.924. The van der Waals surface area contributed by atoms with E-state index < -0.39 is 23.1 Å². The molecule has 0 spiro atoms. The van der Waals surface area contributed by atoms with Crippen molar-refractivity contribution >= 4 is 20.9 Å². The van der Waals surface area contributed by atoms with Gasteiger partial charge in [0.05, 0.1) is 4.90 Å². The summed E-state index contributed by atoms with van der Waals surface area (Å²) in [4.78, 5) is 3.82. The first-order valence-corrected chi connectivity index (χ1v) is 6.75. The lowest BCUT2D eigenvalue weighted by atomic mass is 10.2. The molecule has 19 heavy (non-hydrogen) atoms. The first kappa shape index (κ1) is 13.6. The molecule has 2 rings (SSSR count). The lowest BCUT2D eigenvalue weighted by Gasteiger charge is -2.10. The number of hydrogen-bond donors (Lipinski definition) is 1. The van der Waals surface area contributed by atoms with Crippen LogP contribution in [0.25, 0.3) is 10.9 Å². The number of alkyl halides is 2. The molecule has 1 heterocycles. The molecule has 2 N–H and O–H groups in total. The Morgan fingerprint density at radius 2 is 2.05 bits per heavy atom. The van der Waals surface area contributed by atoms with Crippen molar-refractivity contribution in [1.82, 2.24) is 4.98 Å². The van der Waals surface area contributed by atoms with Crippen LogP contribution in [0.2, 0.25) is 0 Å². The van der Waals surface area contributed by atoms with Gasteiger partial charge in [-0.3, -0.25) is 4.98 Å².